The number of aromatic nitrogens is 1. The summed E-state index contributed by atoms with van der Waals surface area (Å²) in [6, 6.07) is 10.5. The van der Waals surface area contributed by atoms with Crippen LogP contribution in [0.5, 0.6) is 5.75 Å². The summed E-state index contributed by atoms with van der Waals surface area (Å²) in [6.45, 7) is 4.24. The Labute approximate surface area is 155 Å². The fraction of sp³-hybridized carbons (Fsp3) is 0.389. The zero-order chi connectivity index (χ0) is 18.6. The molecule has 2 aromatic rings. The minimum absolute atomic E-state index is 0.0284. The highest BCUT2D eigenvalue weighted by atomic mass is 35.5. The molecule has 0 aliphatic carbocycles. The summed E-state index contributed by atoms with van der Waals surface area (Å²) in [5.41, 5.74) is -0.831. The Kier molecular flexibility index (Phi) is 5.88. The molecule has 2 heterocycles. The Hall–Kier alpha value is -1.99. The lowest BCUT2D eigenvalue weighted by molar-refractivity contribution is -0.137. The quantitative estimate of drug-likeness (QED) is 0.779. The molecule has 26 heavy (non-hydrogen) atoms. The first-order chi connectivity index (χ1) is 12.4. The van der Waals surface area contributed by atoms with Crippen molar-refractivity contribution in [1.82, 2.24) is 9.88 Å². The number of anilines is 1. The number of hydrogen-bond donors (Lipinski definition) is 0. The molecule has 1 aliphatic rings. The molecule has 0 N–H and O–H groups in total. The van der Waals surface area contributed by atoms with E-state index in [4.69, 9.17) is 16.3 Å². The normalized spacial score (nSPS) is 15.9. The molecular weight excluding hydrogens is 367 g/mol. The summed E-state index contributed by atoms with van der Waals surface area (Å²) >= 11 is 6.02. The number of pyridine rings is 1. The number of alkyl halides is 3. The van der Waals surface area contributed by atoms with Crippen LogP contribution in [-0.4, -0.2) is 49.2 Å². The van der Waals surface area contributed by atoms with Gasteiger partial charge in [-0.05, 0) is 18.2 Å². The third-order valence-electron chi connectivity index (χ3n) is 4.24. The fourth-order valence-corrected chi connectivity index (χ4v) is 3.10. The first kappa shape index (κ1) is 18.8. The lowest BCUT2D eigenvalue weighted by Crippen LogP contribution is -2.47. The number of benzene rings is 1. The van der Waals surface area contributed by atoms with Crippen molar-refractivity contribution in [3.05, 3.63) is 53.2 Å². The van der Waals surface area contributed by atoms with Crippen LogP contribution in [0.4, 0.5) is 19.0 Å². The summed E-state index contributed by atoms with van der Waals surface area (Å²) in [5.74, 6) is 1.24. The standard InChI is InChI=1S/C18H19ClF3N3O/c19-16-12-14(18(20,21)22)13-23-17(16)25-8-6-24(7-9-25)10-11-26-15-4-2-1-3-5-15/h1-5,12-13H,6-11H2. The number of rotatable bonds is 5. The molecule has 3 rings (SSSR count). The average molecular weight is 386 g/mol. The minimum Gasteiger partial charge on any atom is -0.492 e. The number of ether oxygens (including phenoxy) is 1. The van der Waals surface area contributed by atoms with E-state index >= 15 is 0 Å². The van der Waals surface area contributed by atoms with Gasteiger partial charge < -0.3 is 9.64 Å². The molecule has 0 radical (unpaired) electrons. The van der Waals surface area contributed by atoms with Crippen LogP contribution in [0.3, 0.4) is 0 Å². The minimum atomic E-state index is -4.44. The number of para-hydroxylation sites is 1. The van der Waals surface area contributed by atoms with Gasteiger partial charge in [-0.2, -0.15) is 13.2 Å². The number of halogens is 4. The van der Waals surface area contributed by atoms with Gasteiger partial charge in [-0.1, -0.05) is 29.8 Å². The highest BCUT2D eigenvalue weighted by Crippen LogP contribution is 2.33. The Bertz CT molecular complexity index is 719. The Morgan fingerprint density at radius 1 is 1.08 bits per heavy atom. The predicted molar refractivity (Wildman–Crippen MR) is 94.8 cm³/mol. The van der Waals surface area contributed by atoms with Crippen LogP contribution in [0.25, 0.3) is 0 Å². The maximum atomic E-state index is 12.7. The number of hydrogen-bond acceptors (Lipinski definition) is 4. The van der Waals surface area contributed by atoms with Crippen LogP contribution in [0.15, 0.2) is 42.6 Å². The third kappa shape index (κ3) is 4.80. The smallest absolute Gasteiger partial charge is 0.417 e. The van der Waals surface area contributed by atoms with E-state index in [0.717, 1.165) is 37.6 Å². The Morgan fingerprint density at radius 2 is 1.77 bits per heavy atom. The van der Waals surface area contributed by atoms with Gasteiger partial charge in [-0.3, -0.25) is 4.90 Å². The molecule has 0 bridgehead atoms. The van der Waals surface area contributed by atoms with Gasteiger partial charge in [0.1, 0.15) is 18.2 Å². The molecule has 1 fully saturated rings. The van der Waals surface area contributed by atoms with Crippen LogP contribution in [-0.2, 0) is 6.18 Å². The third-order valence-corrected chi connectivity index (χ3v) is 4.52. The van der Waals surface area contributed by atoms with Crippen molar-refractivity contribution in [2.75, 3.05) is 44.2 Å². The van der Waals surface area contributed by atoms with E-state index in [1.165, 1.54) is 0 Å². The van der Waals surface area contributed by atoms with Gasteiger partial charge in [0.25, 0.3) is 0 Å². The molecule has 1 saturated heterocycles. The monoisotopic (exact) mass is 385 g/mol. The van der Waals surface area contributed by atoms with E-state index < -0.39 is 11.7 Å². The fourth-order valence-electron chi connectivity index (χ4n) is 2.81. The molecule has 140 valence electrons. The maximum absolute atomic E-state index is 12.7. The average Bonchev–Trinajstić information content (AvgIpc) is 2.62. The molecule has 0 atom stereocenters. The maximum Gasteiger partial charge on any atom is 0.417 e. The van der Waals surface area contributed by atoms with E-state index in [2.05, 4.69) is 9.88 Å². The van der Waals surface area contributed by atoms with Crippen LogP contribution < -0.4 is 9.64 Å². The molecule has 1 aromatic carbocycles. The van der Waals surface area contributed by atoms with Crippen LogP contribution in [0.2, 0.25) is 5.02 Å². The van der Waals surface area contributed by atoms with E-state index in [9.17, 15) is 13.2 Å². The largest absolute Gasteiger partial charge is 0.492 e. The van der Waals surface area contributed by atoms with Crippen molar-refractivity contribution in [3.8, 4) is 5.75 Å². The SMILES string of the molecule is FC(F)(F)c1cnc(N2CCN(CCOc3ccccc3)CC2)c(Cl)c1. The first-order valence-corrected chi connectivity index (χ1v) is 8.69. The number of nitrogens with zero attached hydrogens (tertiary/aromatic N) is 3. The van der Waals surface area contributed by atoms with E-state index in [0.29, 0.717) is 25.5 Å². The lowest BCUT2D eigenvalue weighted by Gasteiger charge is -2.35. The van der Waals surface area contributed by atoms with Crippen molar-refractivity contribution < 1.29 is 17.9 Å². The molecule has 0 unspecified atom stereocenters. The second kappa shape index (κ2) is 8.14. The van der Waals surface area contributed by atoms with Gasteiger partial charge in [-0.25, -0.2) is 4.98 Å². The molecule has 4 nitrogen and oxygen atoms in total. The molecule has 0 saturated carbocycles. The van der Waals surface area contributed by atoms with Gasteiger partial charge in [0.15, 0.2) is 0 Å². The summed E-state index contributed by atoms with van der Waals surface area (Å²) in [4.78, 5) is 8.09. The molecule has 1 aliphatic heterocycles. The van der Waals surface area contributed by atoms with E-state index in [1.54, 1.807) is 0 Å². The predicted octanol–water partition coefficient (Wildman–Crippen LogP) is 3.95. The van der Waals surface area contributed by atoms with Crippen LogP contribution in [0, 0.1) is 0 Å². The summed E-state index contributed by atoms with van der Waals surface area (Å²) in [6.07, 6.45) is -3.60. The topological polar surface area (TPSA) is 28.6 Å². The second-order valence-corrected chi connectivity index (χ2v) is 6.42. The lowest BCUT2D eigenvalue weighted by atomic mass is 10.2. The van der Waals surface area contributed by atoms with Crippen LogP contribution in [0.1, 0.15) is 5.56 Å². The van der Waals surface area contributed by atoms with Crippen molar-refractivity contribution in [3.63, 3.8) is 0 Å². The van der Waals surface area contributed by atoms with Crippen molar-refractivity contribution in [1.29, 1.82) is 0 Å². The zero-order valence-electron chi connectivity index (χ0n) is 14.0. The summed E-state index contributed by atoms with van der Waals surface area (Å²) in [5, 5.41) is 0.0284. The second-order valence-electron chi connectivity index (χ2n) is 6.02. The Balaban J connectivity index is 1.49. The molecular formula is C18H19ClF3N3O. The number of piperazine rings is 1. The highest BCUT2D eigenvalue weighted by Gasteiger charge is 2.32. The highest BCUT2D eigenvalue weighted by molar-refractivity contribution is 6.33. The molecule has 0 spiro atoms. The zero-order valence-corrected chi connectivity index (χ0v) is 14.8. The summed E-state index contributed by atoms with van der Waals surface area (Å²) < 4.78 is 43.8. The van der Waals surface area contributed by atoms with Crippen molar-refractivity contribution in [2.24, 2.45) is 0 Å². The van der Waals surface area contributed by atoms with Crippen molar-refractivity contribution >= 4 is 17.4 Å². The molecule has 1 aromatic heterocycles. The van der Waals surface area contributed by atoms with E-state index in [-0.39, 0.29) is 5.02 Å². The van der Waals surface area contributed by atoms with Gasteiger partial charge in [0.2, 0.25) is 0 Å². The molecule has 0 amide bonds. The van der Waals surface area contributed by atoms with E-state index in [1.807, 2.05) is 35.2 Å². The van der Waals surface area contributed by atoms with Gasteiger partial charge in [0.05, 0.1) is 10.6 Å². The van der Waals surface area contributed by atoms with Crippen LogP contribution >= 0.6 is 11.6 Å². The first-order valence-electron chi connectivity index (χ1n) is 8.31. The summed E-state index contributed by atoms with van der Waals surface area (Å²) in [7, 11) is 0. The Morgan fingerprint density at radius 3 is 2.38 bits per heavy atom. The van der Waals surface area contributed by atoms with Crippen molar-refractivity contribution in [2.45, 2.75) is 6.18 Å². The molecule has 8 heteroatoms. The van der Waals surface area contributed by atoms with Gasteiger partial charge >= 0.3 is 6.18 Å². The van der Waals surface area contributed by atoms with Gasteiger partial charge in [-0.15, -0.1) is 0 Å². The van der Waals surface area contributed by atoms with Gasteiger partial charge in [0, 0.05) is 38.9 Å².